The van der Waals surface area contributed by atoms with Gasteiger partial charge in [-0.1, -0.05) is 37.3 Å². The van der Waals surface area contributed by atoms with E-state index in [2.05, 4.69) is 10.1 Å². The van der Waals surface area contributed by atoms with Crippen LogP contribution in [-0.4, -0.2) is 31.1 Å². The van der Waals surface area contributed by atoms with Gasteiger partial charge in [0.05, 0.1) is 11.7 Å². The molecule has 0 radical (unpaired) electrons. The van der Waals surface area contributed by atoms with Crippen molar-refractivity contribution >= 4 is 17.5 Å². The molecular weight excluding hydrogens is 394 g/mol. The Bertz CT molecular complexity index is 906. The lowest BCUT2D eigenvalue weighted by Crippen LogP contribution is -2.46. The molecule has 8 heteroatoms. The zero-order valence-corrected chi connectivity index (χ0v) is 16.8. The number of alkyl halides is 2. The van der Waals surface area contributed by atoms with Crippen LogP contribution in [0.15, 0.2) is 48.5 Å². The Labute approximate surface area is 173 Å². The summed E-state index contributed by atoms with van der Waals surface area (Å²) in [6.07, 6.45) is -0.0860. The highest BCUT2D eigenvalue weighted by Crippen LogP contribution is 2.34. The Balaban J connectivity index is 1.68. The van der Waals surface area contributed by atoms with Gasteiger partial charge in [-0.2, -0.15) is 8.78 Å². The zero-order chi connectivity index (χ0) is 21.7. The summed E-state index contributed by atoms with van der Waals surface area (Å²) in [5.41, 5.74) is 1.10. The third kappa shape index (κ3) is 4.87. The van der Waals surface area contributed by atoms with Crippen LogP contribution in [-0.2, 0) is 9.59 Å². The highest BCUT2D eigenvalue weighted by Gasteiger charge is 2.31. The van der Waals surface area contributed by atoms with Gasteiger partial charge in [0.15, 0.2) is 6.10 Å². The number of para-hydroxylation sites is 3. The van der Waals surface area contributed by atoms with Crippen LogP contribution < -0.4 is 19.7 Å². The van der Waals surface area contributed by atoms with Crippen molar-refractivity contribution in [2.24, 2.45) is 0 Å². The Morgan fingerprint density at radius 2 is 1.90 bits per heavy atom. The highest BCUT2D eigenvalue weighted by atomic mass is 19.3. The SMILES string of the molecule is CCC(NC(=O)CCN1C(=O)C(C)Oc2ccccc21)c1ccccc1OC(F)F. The minimum Gasteiger partial charge on any atom is -0.479 e. The van der Waals surface area contributed by atoms with Gasteiger partial charge in [0.1, 0.15) is 11.5 Å². The second-order valence-electron chi connectivity index (χ2n) is 6.91. The average Bonchev–Trinajstić information content (AvgIpc) is 2.72. The minimum atomic E-state index is -2.95. The van der Waals surface area contributed by atoms with Crippen molar-refractivity contribution in [3.05, 3.63) is 54.1 Å². The maximum Gasteiger partial charge on any atom is 0.387 e. The number of halogens is 2. The molecule has 1 heterocycles. The summed E-state index contributed by atoms with van der Waals surface area (Å²) in [4.78, 5) is 26.7. The van der Waals surface area contributed by atoms with Crippen LogP contribution in [0.1, 0.15) is 38.3 Å². The van der Waals surface area contributed by atoms with Crippen molar-refractivity contribution in [2.75, 3.05) is 11.4 Å². The molecule has 0 aromatic heterocycles. The summed E-state index contributed by atoms with van der Waals surface area (Å²) in [6.45, 7) is 0.737. The van der Waals surface area contributed by atoms with Gasteiger partial charge in [-0.25, -0.2) is 0 Å². The summed E-state index contributed by atoms with van der Waals surface area (Å²) < 4.78 is 35.6. The molecule has 30 heavy (non-hydrogen) atoms. The van der Waals surface area contributed by atoms with Crippen LogP contribution in [0.5, 0.6) is 11.5 Å². The maximum atomic E-state index is 12.7. The largest absolute Gasteiger partial charge is 0.479 e. The number of anilines is 1. The van der Waals surface area contributed by atoms with Crippen LogP contribution in [0.4, 0.5) is 14.5 Å². The molecule has 6 nitrogen and oxygen atoms in total. The molecule has 0 saturated carbocycles. The topological polar surface area (TPSA) is 67.9 Å². The minimum absolute atomic E-state index is 0.0331. The molecule has 0 bridgehead atoms. The number of nitrogens with zero attached hydrogens (tertiary/aromatic N) is 1. The smallest absolute Gasteiger partial charge is 0.387 e. The number of nitrogens with one attached hydrogen (secondary N) is 1. The first-order valence-electron chi connectivity index (χ1n) is 9.80. The zero-order valence-electron chi connectivity index (χ0n) is 16.8. The van der Waals surface area contributed by atoms with Crippen LogP contribution in [0, 0.1) is 0 Å². The van der Waals surface area contributed by atoms with Gasteiger partial charge in [-0.3, -0.25) is 9.59 Å². The first-order valence-corrected chi connectivity index (χ1v) is 9.80. The van der Waals surface area contributed by atoms with Crippen molar-refractivity contribution in [3.63, 3.8) is 0 Å². The molecule has 1 aliphatic rings. The first-order chi connectivity index (χ1) is 14.4. The van der Waals surface area contributed by atoms with Gasteiger partial charge in [0.25, 0.3) is 5.91 Å². The third-order valence-electron chi connectivity index (χ3n) is 4.89. The van der Waals surface area contributed by atoms with E-state index in [0.717, 1.165) is 0 Å². The monoisotopic (exact) mass is 418 g/mol. The Morgan fingerprint density at radius 3 is 2.63 bits per heavy atom. The van der Waals surface area contributed by atoms with E-state index in [4.69, 9.17) is 4.74 Å². The molecular formula is C22H24F2N2O4. The molecule has 0 aliphatic carbocycles. The summed E-state index contributed by atoms with van der Waals surface area (Å²) in [5, 5.41) is 2.85. The van der Waals surface area contributed by atoms with E-state index in [9.17, 15) is 18.4 Å². The van der Waals surface area contributed by atoms with Gasteiger partial charge in [-0.05, 0) is 31.5 Å². The lowest BCUT2D eigenvalue weighted by atomic mass is 10.0. The Hall–Kier alpha value is -3.16. The summed E-state index contributed by atoms with van der Waals surface area (Å²) in [5.74, 6) is 0.114. The molecule has 2 atom stereocenters. The van der Waals surface area contributed by atoms with E-state index in [1.165, 1.54) is 11.0 Å². The fourth-order valence-electron chi connectivity index (χ4n) is 3.44. The molecule has 160 valence electrons. The lowest BCUT2D eigenvalue weighted by molar-refractivity contribution is -0.125. The van der Waals surface area contributed by atoms with E-state index in [1.807, 2.05) is 13.0 Å². The summed E-state index contributed by atoms with van der Waals surface area (Å²) in [6, 6.07) is 13.1. The number of ether oxygens (including phenoxy) is 2. The molecule has 2 unspecified atom stereocenters. The fraction of sp³-hybridized carbons (Fsp3) is 0.364. The highest BCUT2D eigenvalue weighted by molar-refractivity contribution is 6.00. The van der Waals surface area contributed by atoms with E-state index >= 15 is 0 Å². The summed E-state index contributed by atoms with van der Waals surface area (Å²) >= 11 is 0. The van der Waals surface area contributed by atoms with Gasteiger partial charge in [-0.15, -0.1) is 0 Å². The predicted octanol–water partition coefficient (Wildman–Crippen LogP) is 4.06. The second kappa shape index (κ2) is 9.56. The number of hydrogen-bond donors (Lipinski definition) is 1. The number of hydrogen-bond acceptors (Lipinski definition) is 4. The van der Waals surface area contributed by atoms with Crippen molar-refractivity contribution in [1.82, 2.24) is 5.32 Å². The van der Waals surface area contributed by atoms with Gasteiger partial charge < -0.3 is 19.7 Å². The van der Waals surface area contributed by atoms with Gasteiger partial charge in [0.2, 0.25) is 5.91 Å². The fourth-order valence-corrected chi connectivity index (χ4v) is 3.44. The Kier molecular flexibility index (Phi) is 6.87. The number of carbonyl (C=O) groups excluding carboxylic acids is 2. The first kappa shape index (κ1) is 21.5. The van der Waals surface area contributed by atoms with Gasteiger partial charge >= 0.3 is 6.61 Å². The molecule has 1 N–H and O–H groups in total. The molecule has 2 aromatic carbocycles. The van der Waals surface area contributed by atoms with E-state index in [0.29, 0.717) is 23.4 Å². The van der Waals surface area contributed by atoms with Crippen molar-refractivity contribution in [2.45, 2.75) is 45.4 Å². The van der Waals surface area contributed by atoms with Crippen LogP contribution >= 0.6 is 0 Å². The number of benzene rings is 2. The standard InChI is InChI=1S/C22H24F2N2O4/c1-3-16(15-8-4-6-10-18(15)30-22(23)24)25-20(27)12-13-26-17-9-5-7-11-19(17)29-14(2)21(26)28/h4-11,14,16,22H,3,12-13H2,1-2H3,(H,25,27). The molecule has 3 rings (SSSR count). The van der Waals surface area contributed by atoms with Crippen molar-refractivity contribution in [1.29, 1.82) is 0 Å². The number of amides is 2. The number of fused-ring (bicyclic) bond motifs is 1. The molecule has 2 amide bonds. The Morgan fingerprint density at radius 1 is 1.20 bits per heavy atom. The maximum absolute atomic E-state index is 12.7. The van der Waals surface area contributed by atoms with E-state index in [1.54, 1.807) is 43.3 Å². The quantitative estimate of drug-likeness (QED) is 0.702. The molecule has 0 fully saturated rings. The van der Waals surface area contributed by atoms with Crippen LogP contribution in [0.2, 0.25) is 0 Å². The molecule has 2 aromatic rings. The van der Waals surface area contributed by atoms with E-state index in [-0.39, 0.29) is 30.5 Å². The average molecular weight is 418 g/mol. The summed E-state index contributed by atoms with van der Waals surface area (Å²) in [7, 11) is 0. The van der Waals surface area contributed by atoms with Crippen LogP contribution in [0.25, 0.3) is 0 Å². The molecule has 0 spiro atoms. The van der Waals surface area contributed by atoms with Crippen molar-refractivity contribution < 1.29 is 27.8 Å². The van der Waals surface area contributed by atoms with E-state index < -0.39 is 18.8 Å². The molecule has 1 aliphatic heterocycles. The normalized spacial score (nSPS) is 16.6. The molecule has 0 saturated heterocycles. The number of carbonyl (C=O) groups is 2. The predicted molar refractivity (Wildman–Crippen MR) is 108 cm³/mol. The lowest BCUT2D eigenvalue weighted by Gasteiger charge is -2.33. The van der Waals surface area contributed by atoms with Gasteiger partial charge in [0, 0.05) is 18.5 Å². The number of rotatable bonds is 8. The third-order valence-corrected chi connectivity index (χ3v) is 4.89. The second-order valence-corrected chi connectivity index (χ2v) is 6.91. The van der Waals surface area contributed by atoms with Crippen molar-refractivity contribution in [3.8, 4) is 11.5 Å². The van der Waals surface area contributed by atoms with Crippen LogP contribution in [0.3, 0.4) is 0 Å².